The maximum atomic E-state index is 13.0. The van der Waals surface area contributed by atoms with Crippen molar-refractivity contribution in [1.29, 1.82) is 0 Å². The lowest BCUT2D eigenvalue weighted by Gasteiger charge is -2.31. The van der Waals surface area contributed by atoms with E-state index in [0.29, 0.717) is 17.5 Å². The summed E-state index contributed by atoms with van der Waals surface area (Å²) < 4.78 is 0. The van der Waals surface area contributed by atoms with E-state index in [1.807, 2.05) is 40.8 Å². The van der Waals surface area contributed by atoms with Gasteiger partial charge in [0.1, 0.15) is 5.69 Å². The van der Waals surface area contributed by atoms with Crippen LogP contribution in [0.15, 0.2) is 34.5 Å². The van der Waals surface area contributed by atoms with E-state index >= 15 is 0 Å². The molecule has 1 aromatic carbocycles. The van der Waals surface area contributed by atoms with Crippen LogP contribution in [-0.2, 0) is 4.79 Å². The van der Waals surface area contributed by atoms with Gasteiger partial charge in [-0.1, -0.05) is 39.8 Å². The first kappa shape index (κ1) is 22.3. The second kappa shape index (κ2) is 8.24. The Morgan fingerprint density at radius 2 is 1.77 bits per heavy atom. The molecular weight excluding hydrogens is 426 g/mol. The zero-order chi connectivity index (χ0) is 22.4. The first-order valence-electron chi connectivity index (χ1n) is 10.9. The molecule has 1 aromatic heterocycles. The molecule has 1 saturated carbocycles. The molecule has 1 aliphatic heterocycles. The Balaban J connectivity index is 1.35. The number of benzene rings is 1. The van der Waals surface area contributed by atoms with E-state index in [1.165, 1.54) is 0 Å². The van der Waals surface area contributed by atoms with E-state index in [4.69, 9.17) is 0 Å². The molecule has 2 fully saturated rings. The number of likely N-dealkylation sites (tertiary alicyclic amines) is 1. The van der Waals surface area contributed by atoms with Gasteiger partial charge in [-0.3, -0.25) is 9.59 Å². The number of carbonyl (C=O) groups is 2. The molecule has 0 spiro atoms. The Kier molecular flexibility index (Phi) is 5.94. The van der Waals surface area contributed by atoms with Crippen LogP contribution in [0.25, 0.3) is 0 Å². The Bertz CT molecular complexity index is 976. The fourth-order valence-electron chi connectivity index (χ4n) is 4.86. The number of hydrogen-bond acceptors (Lipinski definition) is 5. The Hall–Kier alpha value is -1.86. The number of nitrogens with one attached hydrogen (secondary N) is 1. The first-order chi connectivity index (χ1) is 14.7. The fraction of sp³-hybridized carbons (Fsp3) is 0.542. The third kappa shape index (κ3) is 4.02. The molecule has 0 bridgehead atoms. The number of thiazole rings is 1. The quantitative estimate of drug-likeness (QED) is 0.602. The summed E-state index contributed by atoms with van der Waals surface area (Å²) >= 11 is 3.16. The average Bonchev–Trinajstić information content (AvgIpc) is 3.09. The van der Waals surface area contributed by atoms with Crippen LogP contribution < -0.4 is 5.32 Å². The largest absolute Gasteiger partial charge is 0.342 e. The minimum Gasteiger partial charge on any atom is -0.342 e. The van der Waals surface area contributed by atoms with Crippen molar-refractivity contribution in [3.8, 4) is 0 Å². The van der Waals surface area contributed by atoms with Crippen molar-refractivity contribution in [2.24, 2.45) is 16.7 Å². The van der Waals surface area contributed by atoms with Crippen LogP contribution in [0.2, 0.25) is 0 Å². The number of nitrogens with zero attached hydrogens (tertiary/aromatic N) is 2. The van der Waals surface area contributed by atoms with Crippen molar-refractivity contribution >= 4 is 40.6 Å². The van der Waals surface area contributed by atoms with Gasteiger partial charge < -0.3 is 10.2 Å². The molecule has 2 amide bonds. The maximum Gasteiger partial charge on any atom is 0.275 e. The van der Waals surface area contributed by atoms with Crippen LogP contribution in [0, 0.1) is 16.7 Å². The summed E-state index contributed by atoms with van der Waals surface area (Å²) in [5.74, 6) is 0.570. The van der Waals surface area contributed by atoms with E-state index in [0.717, 1.165) is 41.5 Å². The van der Waals surface area contributed by atoms with Gasteiger partial charge in [-0.2, -0.15) is 0 Å². The third-order valence-electron chi connectivity index (χ3n) is 7.53. The highest BCUT2D eigenvalue weighted by Gasteiger charge is 2.68. The lowest BCUT2D eigenvalue weighted by molar-refractivity contribution is -0.134. The number of aromatic nitrogens is 1. The van der Waals surface area contributed by atoms with Crippen molar-refractivity contribution < 1.29 is 9.59 Å². The molecule has 166 valence electrons. The Morgan fingerprint density at radius 1 is 1.13 bits per heavy atom. The van der Waals surface area contributed by atoms with Crippen molar-refractivity contribution in [1.82, 2.24) is 9.88 Å². The van der Waals surface area contributed by atoms with E-state index in [9.17, 15) is 9.59 Å². The molecule has 0 unspecified atom stereocenters. The molecule has 2 aliphatic rings. The van der Waals surface area contributed by atoms with E-state index in [-0.39, 0.29) is 22.7 Å². The number of piperidine rings is 1. The molecule has 1 aliphatic carbocycles. The second-order valence-corrected chi connectivity index (χ2v) is 11.4. The SMILES string of the molecule is CSc1ccccc1NC(=O)c1csc(C2CCN(C(=O)C3C(C)(C)C3(C)C)CC2)n1. The van der Waals surface area contributed by atoms with Crippen molar-refractivity contribution in [2.45, 2.75) is 51.3 Å². The van der Waals surface area contributed by atoms with Crippen LogP contribution in [0.4, 0.5) is 5.69 Å². The predicted molar refractivity (Wildman–Crippen MR) is 128 cm³/mol. The number of anilines is 1. The molecule has 2 heterocycles. The minimum atomic E-state index is -0.171. The molecule has 4 rings (SSSR count). The normalized spacial score (nSPS) is 20.5. The van der Waals surface area contributed by atoms with E-state index in [2.05, 4.69) is 38.0 Å². The zero-order valence-electron chi connectivity index (χ0n) is 18.9. The van der Waals surface area contributed by atoms with Gasteiger partial charge in [0.05, 0.1) is 10.7 Å². The molecule has 2 aromatic rings. The molecule has 0 atom stereocenters. The highest BCUT2D eigenvalue weighted by atomic mass is 32.2. The summed E-state index contributed by atoms with van der Waals surface area (Å²) in [7, 11) is 0. The van der Waals surface area contributed by atoms with Crippen molar-refractivity contribution in [2.75, 3.05) is 24.7 Å². The van der Waals surface area contributed by atoms with Crippen molar-refractivity contribution in [3.63, 3.8) is 0 Å². The number of para-hydroxylation sites is 1. The third-order valence-corrected chi connectivity index (χ3v) is 9.34. The topological polar surface area (TPSA) is 62.3 Å². The fourth-order valence-corrected chi connectivity index (χ4v) is 6.38. The smallest absolute Gasteiger partial charge is 0.275 e. The van der Waals surface area contributed by atoms with Gasteiger partial charge in [-0.05, 0) is 42.1 Å². The monoisotopic (exact) mass is 457 g/mol. The van der Waals surface area contributed by atoms with Crippen LogP contribution in [-0.4, -0.2) is 41.0 Å². The highest BCUT2D eigenvalue weighted by Crippen LogP contribution is 2.68. The summed E-state index contributed by atoms with van der Waals surface area (Å²) in [6.07, 6.45) is 3.81. The second-order valence-electron chi connectivity index (χ2n) is 9.70. The standard InChI is InChI=1S/C24H31N3O2S2/c1-23(2)19(24(23,3)4)22(29)27-12-10-15(11-13-27)21-26-17(14-31-21)20(28)25-16-8-6-7-9-18(16)30-5/h6-9,14-15,19H,10-13H2,1-5H3,(H,25,28). The summed E-state index contributed by atoms with van der Waals surface area (Å²) in [6.45, 7) is 10.3. The molecule has 0 radical (unpaired) electrons. The number of carbonyl (C=O) groups excluding carboxylic acids is 2. The maximum absolute atomic E-state index is 13.0. The van der Waals surface area contributed by atoms with Gasteiger partial charge in [0.15, 0.2) is 0 Å². The molecular formula is C24H31N3O2S2. The number of amides is 2. The van der Waals surface area contributed by atoms with E-state index in [1.54, 1.807) is 23.1 Å². The van der Waals surface area contributed by atoms with Gasteiger partial charge in [0.25, 0.3) is 5.91 Å². The lowest BCUT2D eigenvalue weighted by Crippen LogP contribution is -2.39. The number of hydrogen-bond donors (Lipinski definition) is 1. The van der Waals surface area contributed by atoms with Crippen LogP contribution in [0.1, 0.15) is 62.0 Å². The summed E-state index contributed by atoms with van der Waals surface area (Å²) in [4.78, 5) is 33.4. The van der Waals surface area contributed by atoms with E-state index < -0.39 is 0 Å². The highest BCUT2D eigenvalue weighted by molar-refractivity contribution is 7.98. The summed E-state index contributed by atoms with van der Waals surface area (Å²) in [5, 5.41) is 5.83. The van der Waals surface area contributed by atoms with Gasteiger partial charge in [-0.15, -0.1) is 23.1 Å². The molecule has 31 heavy (non-hydrogen) atoms. The van der Waals surface area contributed by atoms with Gasteiger partial charge in [-0.25, -0.2) is 4.98 Å². The Labute approximate surface area is 193 Å². The van der Waals surface area contributed by atoms with Crippen LogP contribution in [0.5, 0.6) is 0 Å². The zero-order valence-corrected chi connectivity index (χ0v) is 20.5. The summed E-state index contributed by atoms with van der Waals surface area (Å²) in [6, 6.07) is 7.78. The predicted octanol–water partition coefficient (Wildman–Crippen LogP) is 5.51. The Morgan fingerprint density at radius 3 is 2.39 bits per heavy atom. The minimum absolute atomic E-state index is 0.0768. The van der Waals surface area contributed by atoms with Gasteiger partial charge in [0, 0.05) is 35.2 Å². The van der Waals surface area contributed by atoms with Crippen LogP contribution in [0.3, 0.4) is 0 Å². The van der Waals surface area contributed by atoms with Gasteiger partial charge >= 0.3 is 0 Å². The average molecular weight is 458 g/mol. The van der Waals surface area contributed by atoms with Crippen LogP contribution >= 0.6 is 23.1 Å². The molecule has 1 saturated heterocycles. The molecule has 5 nitrogen and oxygen atoms in total. The summed E-state index contributed by atoms with van der Waals surface area (Å²) in [5.41, 5.74) is 1.43. The number of thioether (sulfide) groups is 1. The van der Waals surface area contributed by atoms with Crippen molar-refractivity contribution in [3.05, 3.63) is 40.3 Å². The first-order valence-corrected chi connectivity index (χ1v) is 13.0. The molecule has 1 N–H and O–H groups in total. The molecule has 7 heteroatoms. The number of rotatable bonds is 5. The van der Waals surface area contributed by atoms with Gasteiger partial charge in [0.2, 0.25) is 5.91 Å². The lowest BCUT2D eigenvalue weighted by atomic mass is 9.96.